The van der Waals surface area contributed by atoms with Gasteiger partial charge in [-0.1, -0.05) is 12.8 Å². The van der Waals surface area contributed by atoms with Gasteiger partial charge in [0.15, 0.2) is 0 Å². The molecule has 35 heavy (non-hydrogen) atoms. The maximum Gasteiger partial charge on any atom is 0.522 e. The van der Waals surface area contributed by atoms with Gasteiger partial charge in [0.1, 0.15) is 5.65 Å². The van der Waals surface area contributed by atoms with Crippen LogP contribution in [0.15, 0.2) is 30.7 Å². The Hall–Kier alpha value is -2.62. The van der Waals surface area contributed by atoms with Crippen LogP contribution in [0.25, 0.3) is 5.65 Å². The first-order valence-corrected chi connectivity index (χ1v) is 12.5. The van der Waals surface area contributed by atoms with Crippen LogP contribution in [0.2, 0.25) is 0 Å². The highest BCUT2D eigenvalue weighted by molar-refractivity contribution is 5.94. The van der Waals surface area contributed by atoms with Gasteiger partial charge in [-0.25, -0.2) is 4.98 Å². The lowest BCUT2D eigenvalue weighted by atomic mass is 9.85. The predicted molar refractivity (Wildman–Crippen MR) is 124 cm³/mol. The van der Waals surface area contributed by atoms with E-state index in [0.29, 0.717) is 30.9 Å². The number of carbonyl (C=O) groups is 2. The van der Waals surface area contributed by atoms with Crippen molar-refractivity contribution in [2.45, 2.75) is 70.3 Å². The fourth-order valence-electron chi connectivity index (χ4n) is 5.23. The molecule has 2 amide bonds. The third-order valence-corrected chi connectivity index (χ3v) is 7.23. The number of likely N-dealkylation sites (tertiary alicyclic amines) is 1. The molecular formula is C25H33F3N4O3. The molecule has 10 heteroatoms. The number of nitrogens with zero attached hydrogens (tertiary/aromatic N) is 3. The van der Waals surface area contributed by atoms with Gasteiger partial charge in [0, 0.05) is 44.1 Å². The molecule has 2 aliphatic rings. The molecule has 4 rings (SSSR count). The zero-order valence-corrected chi connectivity index (χ0v) is 19.8. The highest BCUT2D eigenvalue weighted by Crippen LogP contribution is 2.33. The standard InChI is InChI=1S/C25H33F3N4O3/c26-25(27,28)35-21-7-4-19(5-8-21)24(34)31-14-10-18(11-15-31)3-1-2-12-30-23(33)20-6-9-22-29-13-16-32(22)17-20/h6,9,13,16-19,21H,1-5,7-8,10-12,14-15H2,(H,30,33). The van der Waals surface area contributed by atoms with Crippen molar-refractivity contribution in [1.82, 2.24) is 19.6 Å². The van der Waals surface area contributed by atoms with Gasteiger partial charge in [-0.2, -0.15) is 0 Å². The van der Waals surface area contributed by atoms with E-state index in [4.69, 9.17) is 0 Å². The van der Waals surface area contributed by atoms with Gasteiger partial charge in [0.2, 0.25) is 5.91 Å². The average Bonchev–Trinajstić information content (AvgIpc) is 3.31. The number of imidazole rings is 1. The molecule has 7 nitrogen and oxygen atoms in total. The zero-order chi connectivity index (χ0) is 24.8. The van der Waals surface area contributed by atoms with E-state index in [1.807, 2.05) is 21.6 Å². The van der Waals surface area contributed by atoms with Crippen LogP contribution in [0.5, 0.6) is 0 Å². The molecule has 2 aromatic heterocycles. The molecule has 192 valence electrons. The molecule has 0 radical (unpaired) electrons. The highest BCUT2D eigenvalue weighted by atomic mass is 19.4. The van der Waals surface area contributed by atoms with Gasteiger partial charge < -0.3 is 14.6 Å². The second kappa shape index (κ2) is 11.4. The molecule has 0 unspecified atom stereocenters. The maximum atomic E-state index is 12.8. The van der Waals surface area contributed by atoms with E-state index in [-0.39, 0.29) is 30.6 Å². The first kappa shape index (κ1) is 25.5. The second-order valence-electron chi connectivity index (χ2n) is 9.67. The van der Waals surface area contributed by atoms with Crippen molar-refractivity contribution in [3.63, 3.8) is 0 Å². The molecule has 1 N–H and O–H groups in total. The molecule has 2 aromatic rings. The number of rotatable bonds is 8. The Labute approximate surface area is 203 Å². The van der Waals surface area contributed by atoms with Crippen molar-refractivity contribution in [1.29, 1.82) is 0 Å². The number of ether oxygens (including phenoxy) is 1. The minimum Gasteiger partial charge on any atom is -0.352 e. The lowest BCUT2D eigenvalue weighted by Crippen LogP contribution is -2.43. The minimum absolute atomic E-state index is 0.0884. The largest absolute Gasteiger partial charge is 0.522 e. The number of unbranched alkanes of at least 4 members (excludes halogenated alkanes) is 1. The second-order valence-corrected chi connectivity index (χ2v) is 9.67. The molecule has 1 saturated carbocycles. The summed E-state index contributed by atoms with van der Waals surface area (Å²) in [6, 6.07) is 3.59. The van der Waals surface area contributed by atoms with Gasteiger partial charge in [-0.3, -0.25) is 14.3 Å². The van der Waals surface area contributed by atoms with Gasteiger partial charge in [-0.05, 0) is 63.0 Å². The molecule has 1 saturated heterocycles. The van der Waals surface area contributed by atoms with Crippen LogP contribution in [-0.4, -0.2) is 58.2 Å². The van der Waals surface area contributed by atoms with Crippen LogP contribution >= 0.6 is 0 Å². The molecule has 3 heterocycles. The van der Waals surface area contributed by atoms with Crippen molar-refractivity contribution < 1.29 is 27.5 Å². The molecule has 0 spiro atoms. The van der Waals surface area contributed by atoms with Crippen LogP contribution < -0.4 is 5.32 Å². The van der Waals surface area contributed by atoms with E-state index in [1.165, 1.54) is 0 Å². The van der Waals surface area contributed by atoms with Crippen LogP contribution in [0.3, 0.4) is 0 Å². The fraction of sp³-hybridized carbons (Fsp3) is 0.640. The summed E-state index contributed by atoms with van der Waals surface area (Å²) in [6.45, 7) is 2.06. The summed E-state index contributed by atoms with van der Waals surface area (Å²) in [5.41, 5.74) is 1.41. The average molecular weight is 495 g/mol. The summed E-state index contributed by atoms with van der Waals surface area (Å²) in [7, 11) is 0. The van der Waals surface area contributed by atoms with Crippen molar-refractivity contribution in [3.05, 3.63) is 36.3 Å². The van der Waals surface area contributed by atoms with Crippen LogP contribution in [0, 0.1) is 11.8 Å². The van der Waals surface area contributed by atoms with Gasteiger partial charge in [0.05, 0.1) is 11.7 Å². The number of aromatic nitrogens is 2. The van der Waals surface area contributed by atoms with E-state index < -0.39 is 12.5 Å². The van der Waals surface area contributed by atoms with Crippen LogP contribution in [-0.2, 0) is 9.53 Å². The molecule has 0 aromatic carbocycles. The Bertz CT molecular complexity index is 993. The number of amides is 2. The lowest BCUT2D eigenvalue weighted by Gasteiger charge is -2.36. The highest BCUT2D eigenvalue weighted by Gasteiger charge is 2.37. The summed E-state index contributed by atoms with van der Waals surface area (Å²) in [6.07, 6.45) is 6.22. The van der Waals surface area contributed by atoms with E-state index in [0.717, 1.165) is 50.8 Å². The summed E-state index contributed by atoms with van der Waals surface area (Å²) >= 11 is 0. The van der Waals surface area contributed by atoms with Gasteiger partial charge in [-0.15, -0.1) is 13.2 Å². The fourth-order valence-corrected chi connectivity index (χ4v) is 5.23. The van der Waals surface area contributed by atoms with Gasteiger partial charge in [0.25, 0.3) is 5.91 Å². The van der Waals surface area contributed by atoms with Gasteiger partial charge >= 0.3 is 6.36 Å². The predicted octanol–water partition coefficient (Wildman–Crippen LogP) is 4.57. The number of hydrogen-bond donors (Lipinski definition) is 1. The smallest absolute Gasteiger partial charge is 0.352 e. The summed E-state index contributed by atoms with van der Waals surface area (Å²) in [5, 5.41) is 2.97. The topological polar surface area (TPSA) is 75.9 Å². The zero-order valence-electron chi connectivity index (χ0n) is 19.8. The summed E-state index contributed by atoms with van der Waals surface area (Å²) < 4.78 is 43.1. The Kier molecular flexibility index (Phi) is 8.30. The number of alkyl halides is 3. The van der Waals surface area contributed by atoms with Crippen molar-refractivity contribution >= 4 is 17.5 Å². The monoisotopic (exact) mass is 494 g/mol. The Morgan fingerprint density at radius 1 is 1.06 bits per heavy atom. The third kappa shape index (κ3) is 7.19. The molecule has 2 fully saturated rings. The van der Waals surface area contributed by atoms with Crippen molar-refractivity contribution in [3.8, 4) is 0 Å². The molecule has 0 bridgehead atoms. The summed E-state index contributed by atoms with van der Waals surface area (Å²) in [5.74, 6) is 0.379. The first-order valence-electron chi connectivity index (χ1n) is 12.5. The Morgan fingerprint density at radius 2 is 1.80 bits per heavy atom. The Morgan fingerprint density at radius 3 is 2.51 bits per heavy atom. The van der Waals surface area contributed by atoms with E-state index in [9.17, 15) is 22.8 Å². The van der Waals surface area contributed by atoms with E-state index >= 15 is 0 Å². The number of hydrogen-bond acceptors (Lipinski definition) is 4. The number of fused-ring (bicyclic) bond motifs is 1. The number of halogens is 3. The molecule has 1 aliphatic carbocycles. The molecular weight excluding hydrogens is 461 g/mol. The number of pyridine rings is 1. The molecule has 1 aliphatic heterocycles. The first-order chi connectivity index (χ1) is 16.8. The third-order valence-electron chi connectivity index (χ3n) is 7.23. The molecule has 0 atom stereocenters. The normalized spacial score (nSPS) is 21.9. The van der Waals surface area contributed by atoms with Crippen molar-refractivity contribution in [2.24, 2.45) is 11.8 Å². The van der Waals surface area contributed by atoms with E-state index in [2.05, 4.69) is 15.0 Å². The van der Waals surface area contributed by atoms with E-state index in [1.54, 1.807) is 18.5 Å². The number of nitrogens with one attached hydrogen (secondary N) is 1. The summed E-state index contributed by atoms with van der Waals surface area (Å²) in [4.78, 5) is 31.2. The maximum absolute atomic E-state index is 12.8. The Balaban J connectivity index is 1.08. The van der Waals surface area contributed by atoms with Crippen molar-refractivity contribution in [2.75, 3.05) is 19.6 Å². The van der Waals surface area contributed by atoms with Crippen LogP contribution in [0.1, 0.15) is 68.1 Å². The number of carbonyl (C=O) groups excluding carboxylic acids is 2. The quantitative estimate of drug-likeness (QED) is 0.546. The SMILES string of the molecule is O=C(NCCCCC1CCN(C(=O)C2CCC(OC(F)(F)F)CC2)CC1)c1ccc2nccn2c1. The number of piperidine rings is 1. The minimum atomic E-state index is -4.61. The van der Waals surface area contributed by atoms with Crippen LogP contribution in [0.4, 0.5) is 13.2 Å². The lowest BCUT2D eigenvalue weighted by molar-refractivity contribution is -0.345.